The smallest absolute Gasteiger partial charge is 0.226 e. The molecule has 3 aromatic heterocycles. The molecule has 19 heavy (non-hydrogen) atoms. The summed E-state index contributed by atoms with van der Waals surface area (Å²) in [6.45, 7) is 0.587. The number of nitrogens with zero attached hydrogens (tertiary/aromatic N) is 5. The van der Waals surface area contributed by atoms with E-state index in [-0.39, 0.29) is 0 Å². The van der Waals surface area contributed by atoms with Gasteiger partial charge < -0.3 is 15.2 Å². The lowest BCUT2D eigenvalue weighted by Gasteiger charge is -2.08. The van der Waals surface area contributed by atoms with Crippen molar-refractivity contribution in [1.82, 2.24) is 29.7 Å². The fourth-order valence-electron chi connectivity index (χ4n) is 1.81. The number of aromatic amines is 1. The molecule has 0 saturated carbocycles. The van der Waals surface area contributed by atoms with Gasteiger partial charge in [0.15, 0.2) is 5.65 Å². The zero-order valence-corrected chi connectivity index (χ0v) is 10.7. The fourth-order valence-corrected chi connectivity index (χ4v) is 1.81. The Labute approximate surface area is 109 Å². The molecule has 0 fully saturated rings. The second-order valence-corrected chi connectivity index (χ2v) is 4.09. The summed E-state index contributed by atoms with van der Waals surface area (Å²) < 4.78 is 1.96. The molecule has 0 atom stereocenters. The van der Waals surface area contributed by atoms with Crippen LogP contribution in [0.5, 0.6) is 0 Å². The van der Waals surface area contributed by atoms with E-state index in [0.717, 1.165) is 17.0 Å². The van der Waals surface area contributed by atoms with Gasteiger partial charge in [0.05, 0.1) is 18.1 Å². The summed E-state index contributed by atoms with van der Waals surface area (Å²) in [5, 5.41) is 13.9. The number of aromatic nitrogens is 6. The van der Waals surface area contributed by atoms with Crippen molar-refractivity contribution in [1.29, 1.82) is 0 Å². The number of fused-ring (bicyclic) bond motifs is 1. The standard InChI is InChI=1S/C11H14N8/c1-12-11-16-9(7-5-15-18-10(7)17-11)14-6-8-13-3-4-19(8)2/h3-5H,6H2,1-2H3,(H3,12,14,15,16,17,18). The Morgan fingerprint density at radius 2 is 2.26 bits per heavy atom. The maximum Gasteiger partial charge on any atom is 0.226 e. The van der Waals surface area contributed by atoms with Crippen LogP contribution in [0, 0.1) is 0 Å². The maximum absolute atomic E-state index is 4.39. The summed E-state index contributed by atoms with van der Waals surface area (Å²) in [7, 11) is 3.73. The van der Waals surface area contributed by atoms with E-state index in [0.29, 0.717) is 18.1 Å². The minimum Gasteiger partial charge on any atom is -0.362 e. The van der Waals surface area contributed by atoms with Gasteiger partial charge in [-0.25, -0.2) is 4.98 Å². The molecular formula is C11H14N8. The Morgan fingerprint density at radius 1 is 1.37 bits per heavy atom. The van der Waals surface area contributed by atoms with Gasteiger partial charge in [-0.2, -0.15) is 15.1 Å². The third-order valence-electron chi connectivity index (χ3n) is 2.87. The molecule has 3 rings (SSSR count). The molecule has 0 bridgehead atoms. The van der Waals surface area contributed by atoms with E-state index in [1.165, 1.54) is 0 Å². The van der Waals surface area contributed by atoms with Crippen LogP contribution in [0.25, 0.3) is 11.0 Å². The Balaban J connectivity index is 1.91. The van der Waals surface area contributed by atoms with Gasteiger partial charge in [-0.3, -0.25) is 5.10 Å². The average Bonchev–Trinajstić information content (AvgIpc) is 3.04. The number of imidazole rings is 1. The van der Waals surface area contributed by atoms with Crippen molar-refractivity contribution in [3.8, 4) is 0 Å². The van der Waals surface area contributed by atoms with E-state index in [1.807, 2.05) is 17.8 Å². The summed E-state index contributed by atoms with van der Waals surface area (Å²) in [6.07, 6.45) is 5.38. The SMILES string of the molecule is CNc1nc(NCc2nccn2C)c2cn[nH]c2n1. The summed E-state index contributed by atoms with van der Waals surface area (Å²) in [4.78, 5) is 12.9. The van der Waals surface area contributed by atoms with Gasteiger partial charge in [0.25, 0.3) is 0 Å². The first-order valence-corrected chi connectivity index (χ1v) is 5.87. The molecule has 0 radical (unpaired) electrons. The molecule has 8 heteroatoms. The zero-order chi connectivity index (χ0) is 13.2. The third kappa shape index (κ3) is 2.07. The van der Waals surface area contributed by atoms with E-state index in [9.17, 15) is 0 Å². The molecule has 0 aromatic carbocycles. The predicted octanol–water partition coefficient (Wildman–Crippen LogP) is 0.740. The Morgan fingerprint density at radius 3 is 3.00 bits per heavy atom. The van der Waals surface area contributed by atoms with Crippen molar-refractivity contribution < 1.29 is 0 Å². The molecular weight excluding hydrogens is 244 g/mol. The molecule has 0 aliphatic carbocycles. The summed E-state index contributed by atoms with van der Waals surface area (Å²) in [5.74, 6) is 2.20. The molecule has 3 N–H and O–H groups in total. The van der Waals surface area contributed by atoms with Gasteiger partial charge in [-0.1, -0.05) is 0 Å². The lowest BCUT2D eigenvalue weighted by Crippen LogP contribution is -2.08. The van der Waals surface area contributed by atoms with Crippen molar-refractivity contribution in [3.05, 3.63) is 24.4 Å². The maximum atomic E-state index is 4.39. The third-order valence-corrected chi connectivity index (χ3v) is 2.87. The van der Waals surface area contributed by atoms with Crippen LogP contribution in [0.2, 0.25) is 0 Å². The van der Waals surface area contributed by atoms with Gasteiger partial charge in [-0.15, -0.1) is 0 Å². The van der Waals surface area contributed by atoms with Crippen molar-refractivity contribution in [2.75, 3.05) is 17.7 Å². The van der Waals surface area contributed by atoms with Crippen molar-refractivity contribution in [3.63, 3.8) is 0 Å². The largest absolute Gasteiger partial charge is 0.362 e. The predicted molar refractivity (Wildman–Crippen MR) is 71.8 cm³/mol. The Hall–Kier alpha value is -2.64. The molecule has 3 aromatic rings. The van der Waals surface area contributed by atoms with Crippen molar-refractivity contribution >= 4 is 22.8 Å². The number of anilines is 2. The van der Waals surface area contributed by atoms with Gasteiger partial charge >= 0.3 is 0 Å². The lowest BCUT2D eigenvalue weighted by atomic mass is 10.4. The minimum absolute atomic E-state index is 0.541. The second kappa shape index (κ2) is 4.56. The number of rotatable bonds is 4. The van der Waals surface area contributed by atoms with E-state index in [4.69, 9.17) is 0 Å². The van der Waals surface area contributed by atoms with Crippen LogP contribution in [0.1, 0.15) is 5.82 Å². The quantitative estimate of drug-likeness (QED) is 0.638. The van der Waals surface area contributed by atoms with Crippen LogP contribution in [-0.4, -0.2) is 36.8 Å². The van der Waals surface area contributed by atoms with E-state index in [1.54, 1.807) is 19.4 Å². The highest BCUT2D eigenvalue weighted by Crippen LogP contribution is 2.20. The minimum atomic E-state index is 0.541. The number of aryl methyl sites for hydroxylation is 1. The number of hydrogen-bond acceptors (Lipinski definition) is 6. The highest BCUT2D eigenvalue weighted by atomic mass is 15.2. The zero-order valence-electron chi connectivity index (χ0n) is 10.7. The summed E-state index contributed by atoms with van der Waals surface area (Å²) in [5.41, 5.74) is 0.696. The van der Waals surface area contributed by atoms with E-state index in [2.05, 4.69) is 35.8 Å². The number of nitrogens with one attached hydrogen (secondary N) is 3. The first-order chi connectivity index (χ1) is 9.28. The first kappa shape index (κ1) is 11.5. The van der Waals surface area contributed by atoms with Crippen LogP contribution in [0.4, 0.5) is 11.8 Å². The molecule has 0 unspecified atom stereocenters. The van der Waals surface area contributed by atoms with Crippen molar-refractivity contribution in [2.45, 2.75) is 6.54 Å². The van der Waals surface area contributed by atoms with Gasteiger partial charge in [0.1, 0.15) is 11.6 Å². The highest BCUT2D eigenvalue weighted by molar-refractivity contribution is 5.86. The van der Waals surface area contributed by atoms with Crippen LogP contribution in [0.3, 0.4) is 0 Å². The van der Waals surface area contributed by atoms with Crippen LogP contribution < -0.4 is 10.6 Å². The number of hydrogen-bond donors (Lipinski definition) is 3. The molecule has 0 amide bonds. The van der Waals surface area contributed by atoms with Crippen LogP contribution in [-0.2, 0) is 13.6 Å². The second-order valence-electron chi connectivity index (χ2n) is 4.09. The summed E-state index contributed by atoms with van der Waals surface area (Å²) in [6, 6.07) is 0. The highest BCUT2D eigenvalue weighted by Gasteiger charge is 2.09. The summed E-state index contributed by atoms with van der Waals surface area (Å²) >= 11 is 0. The Kier molecular flexibility index (Phi) is 2.75. The number of H-pyrrole nitrogens is 1. The topological polar surface area (TPSA) is 96.3 Å². The lowest BCUT2D eigenvalue weighted by molar-refractivity contribution is 0.811. The molecule has 0 saturated heterocycles. The van der Waals surface area contributed by atoms with Crippen LogP contribution in [0.15, 0.2) is 18.6 Å². The average molecular weight is 258 g/mol. The molecule has 0 aliphatic heterocycles. The molecule has 3 heterocycles. The first-order valence-electron chi connectivity index (χ1n) is 5.87. The molecule has 0 aliphatic rings. The molecule has 8 nitrogen and oxygen atoms in total. The molecule has 98 valence electrons. The van der Waals surface area contributed by atoms with Crippen molar-refractivity contribution in [2.24, 2.45) is 7.05 Å². The van der Waals surface area contributed by atoms with Gasteiger partial charge in [-0.05, 0) is 0 Å². The monoisotopic (exact) mass is 258 g/mol. The normalized spacial score (nSPS) is 10.8. The van der Waals surface area contributed by atoms with Gasteiger partial charge in [0.2, 0.25) is 5.95 Å². The Bertz CT molecular complexity index is 698. The van der Waals surface area contributed by atoms with Crippen LogP contribution >= 0.6 is 0 Å². The van der Waals surface area contributed by atoms with E-state index >= 15 is 0 Å². The van der Waals surface area contributed by atoms with Gasteiger partial charge in [0, 0.05) is 26.5 Å². The fraction of sp³-hybridized carbons (Fsp3) is 0.273. The molecule has 0 spiro atoms. The van der Waals surface area contributed by atoms with E-state index < -0.39 is 0 Å².